The van der Waals surface area contributed by atoms with Crippen molar-refractivity contribution in [3.05, 3.63) is 34.9 Å². The Morgan fingerprint density at radius 3 is 2.05 bits per heavy atom. The number of aliphatic hydroxyl groups is 2. The highest BCUT2D eigenvalue weighted by Crippen LogP contribution is 2.28. The highest BCUT2D eigenvalue weighted by molar-refractivity contribution is 6.30. The van der Waals surface area contributed by atoms with Crippen LogP contribution in [0.3, 0.4) is 0 Å². The summed E-state index contributed by atoms with van der Waals surface area (Å²) in [5.74, 6) is -0.0713. The van der Waals surface area contributed by atoms with Crippen molar-refractivity contribution in [2.75, 3.05) is 26.8 Å². The topological polar surface area (TPSA) is 60.8 Å². The van der Waals surface area contributed by atoms with Crippen molar-refractivity contribution in [2.24, 2.45) is 5.41 Å². The van der Waals surface area contributed by atoms with Crippen molar-refractivity contribution in [1.29, 1.82) is 0 Å². The van der Waals surface area contributed by atoms with Crippen molar-refractivity contribution in [3.63, 3.8) is 0 Å². The summed E-state index contributed by atoms with van der Waals surface area (Å²) in [6.45, 7) is 5.38. The van der Waals surface area contributed by atoms with Gasteiger partial charge in [-0.15, -0.1) is 0 Å². The number of aliphatic hydroxyl groups excluding tert-OH is 2. The van der Waals surface area contributed by atoms with Crippen LogP contribution >= 0.6 is 11.6 Å². The van der Waals surface area contributed by atoms with Crippen molar-refractivity contribution in [1.82, 2.24) is 4.90 Å². The molecule has 118 valence electrons. The van der Waals surface area contributed by atoms with E-state index in [1.807, 2.05) is 26.0 Å². The lowest BCUT2D eigenvalue weighted by Crippen LogP contribution is -2.47. The third-order valence-corrected chi connectivity index (χ3v) is 4.08. The second kappa shape index (κ2) is 6.77. The molecule has 0 aliphatic carbocycles. The molecule has 0 aromatic heterocycles. The largest absolute Gasteiger partial charge is 0.396 e. The Bertz CT molecular complexity index is 481. The van der Waals surface area contributed by atoms with Crippen molar-refractivity contribution < 1.29 is 15.0 Å². The maximum Gasteiger partial charge on any atom is 0.232 e. The third kappa shape index (κ3) is 4.19. The Morgan fingerprint density at radius 1 is 1.14 bits per heavy atom. The molecule has 0 bridgehead atoms. The lowest BCUT2D eigenvalue weighted by molar-refractivity contribution is -0.137. The number of nitrogens with zero attached hydrogens (tertiary/aromatic N) is 1. The van der Waals surface area contributed by atoms with Gasteiger partial charge in [0.1, 0.15) is 0 Å². The van der Waals surface area contributed by atoms with Gasteiger partial charge in [0.2, 0.25) is 5.91 Å². The number of rotatable bonds is 6. The summed E-state index contributed by atoms with van der Waals surface area (Å²) in [6, 6.07) is 7.20. The fourth-order valence-corrected chi connectivity index (χ4v) is 2.39. The number of benzene rings is 1. The monoisotopic (exact) mass is 313 g/mol. The third-order valence-electron chi connectivity index (χ3n) is 3.83. The molecule has 0 unspecified atom stereocenters. The number of hydrogen-bond acceptors (Lipinski definition) is 3. The van der Waals surface area contributed by atoms with Gasteiger partial charge in [-0.2, -0.15) is 0 Å². The van der Waals surface area contributed by atoms with E-state index in [0.717, 1.165) is 5.56 Å². The molecule has 1 aromatic carbocycles. The van der Waals surface area contributed by atoms with Crippen LogP contribution in [0.2, 0.25) is 5.02 Å². The van der Waals surface area contributed by atoms with E-state index in [-0.39, 0.29) is 25.7 Å². The SMILES string of the molecule is CN(CC(C)(CO)CO)C(=O)C(C)(C)c1ccc(Cl)cc1. The Hall–Kier alpha value is -1.10. The van der Waals surface area contributed by atoms with E-state index in [1.54, 1.807) is 31.0 Å². The molecule has 4 nitrogen and oxygen atoms in total. The summed E-state index contributed by atoms with van der Waals surface area (Å²) in [5.41, 5.74) is -0.538. The Balaban J connectivity index is 2.92. The molecule has 0 heterocycles. The number of halogens is 1. The van der Waals surface area contributed by atoms with Crippen LogP contribution in [-0.2, 0) is 10.2 Å². The lowest BCUT2D eigenvalue weighted by Gasteiger charge is -2.35. The van der Waals surface area contributed by atoms with Gasteiger partial charge < -0.3 is 15.1 Å². The van der Waals surface area contributed by atoms with E-state index in [1.165, 1.54) is 0 Å². The van der Waals surface area contributed by atoms with Gasteiger partial charge in [0.05, 0.1) is 18.6 Å². The molecule has 5 heteroatoms. The molecule has 0 aliphatic rings. The average Bonchev–Trinajstić information content (AvgIpc) is 2.46. The summed E-state index contributed by atoms with van der Waals surface area (Å²) in [4.78, 5) is 14.2. The lowest BCUT2D eigenvalue weighted by atomic mass is 9.82. The summed E-state index contributed by atoms with van der Waals surface area (Å²) in [7, 11) is 1.68. The molecule has 1 aromatic rings. The van der Waals surface area contributed by atoms with Gasteiger partial charge in [0.25, 0.3) is 0 Å². The molecule has 0 radical (unpaired) electrons. The number of carbonyl (C=O) groups excluding carboxylic acids is 1. The first-order valence-electron chi connectivity index (χ1n) is 6.89. The van der Waals surface area contributed by atoms with Gasteiger partial charge in [-0.25, -0.2) is 0 Å². The van der Waals surface area contributed by atoms with Crippen LogP contribution in [-0.4, -0.2) is 47.8 Å². The van der Waals surface area contributed by atoms with Crippen LogP contribution in [0.15, 0.2) is 24.3 Å². The quantitative estimate of drug-likeness (QED) is 0.845. The number of likely N-dealkylation sites (N-methyl/N-ethyl adjacent to an activating group) is 1. The summed E-state index contributed by atoms with van der Waals surface area (Å²) in [6.07, 6.45) is 0. The molecular formula is C16H24ClNO3. The predicted molar refractivity (Wildman–Crippen MR) is 84.4 cm³/mol. The summed E-state index contributed by atoms with van der Waals surface area (Å²) < 4.78 is 0. The van der Waals surface area contributed by atoms with E-state index >= 15 is 0 Å². The minimum absolute atomic E-state index is 0.0713. The first-order valence-corrected chi connectivity index (χ1v) is 7.27. The zero-order valence-corrected chi connectivity index (χ0v) is 13.8. The van der Waals surface area contributed by atoms with Gasteiger partial charge in [-0.05, 0) is 31.5 Å². The first-order chi connectivity index (χ1) is 9.66. The molecule has 0 fully saturated rings. The zero-order valence-electron chi connectivity index (χ0n) is 13.1. The molecule has 2 N–H and O–H groups in total. The fraction of sp³-hybridized carbons (Fsp3) is 0.562. The molecule has 0 aliphatic heterocycles. The minimum Gasteiger partial charge on any atom is -0.396 e. The van der Waals surface area contributed by atoms with Crippen LogP contribution in [0, 0.1) is 5.41 Å². The van der Waals surface area contributed by atoms with Crippen molar-refractivity contribution in [3.8, 4) is 0 Å². The molecule has 1 amide bonds. The number of amides is 1. The van der Waals surface area contributed by atoms with E-state index in [2.05, 4.69) is 0 Å². The summed E-state index contributed by atoms with van der Waals surface area (Å²) in [5, 5.41) is 19.3. The zero-order chi connectivity index (χ0) is 16.3. The normalized spacial score (nSPS) is 12.3. The van der Waals surface area contributed by atoms with Gasteiger partial charge in [0, 0.05) is 24.0 Å². The molecule has 21 heavy (non-hydrogen) atoms. The van der Waals surface area contributed by atoms with E-state index < -0.39 is 10.8 Å². The van der Waals surface area contributed by atoms with Gasteiger partial charge >= 0.3 is 0 Å². The minimum atomic E-state index is -0.708. The van der Waals surface area contributed by atoms with E-state index in [4.69, 9.17) is 11.6 Å². The average molecular weight is 314 g/mol. The van der Waals surface area contributed by atoms with Crippen molar-refractivity contribution >= 4 is 17.5 Å². The van der Waals surface area contributed by atoms with Crippen LogP contribution in [0.25, 0.3) is 0 Å². The summed E-state index contributed by atoms with van der Waals surface area (Å²) >= 11 is 5.88. The van der Waals surface area contributed by atoms with Gasteiger partial charge in [-0.3, -0.25) is 4.79 Å². The second-order valence-corrected chi connectivity index (χ2v) is 6.86. The molecule has 0 saturated heterocycles. The van der Waals surface area contributed by atoms with Crippen LogP contribution in [0.4, 0.5) is 0 Å². The molecule has 1 rings (SSSR count). The number of hydrogen-bond donors (Lipinski definition) is 2. The van der Waals surface area contributed by atoms with Crippen molar-refractivity contribution in [2.45, 2.75) is 26.2 Å². The second-order valence-electron chi connectivity index (χ2n) is 6.42. The van der Waals surface area contributed by atoms with E-state index in [0.29, 0.717) is 5.02 Å². The van der Waals surface area contributed by atoms with Crippen LogP contribution in [0.1, 0.15) is 26.3 Å². The Kier molecular flexibility index (Phi) is 5.79. The van der Waals surface area contributed by atoms with Gasteiger partial charge in [0.15, 0.2) is 0 Å². The standard InChI is InChI=1S/C16H24ClNO3/c1-15(2,12-5-7-13(17)8-6-12)14(21)18(4)9-16(3,10-19)11-20/h5-8,19-20H,9-11H2,1-4H3. The molecular weight excluding hydrogens is 290 g/mol. The van der Waals surface area contributed by atoms with Crippen LogP contribution in [0.5, 0.6) is 0 Å². The Labute approximate surface area is 131 Å². The molecule has 0 atom stereocenters. The van der Waals surface area contributed by atoms with Gasteiger partial charge in [-0.1, -0.05) is 30.7 Å². The maximum absolute atomic E-state index is 12.7. The van der Waals surface area contributed by atoms with E-state index in [9.17, 15) is 15.0 Å². The fourth-order valence-electron chi connectivity index (χ4n) is 2.26. The highest BCUT2D eigenvalue weighted by atomic mass is 35.5. The van der Waals surface area contributed by atoms with Crippen LogP contribution < -0.4 is 0 Å². The number of carbonyl (C=O) groups is 1. The first kappa shape index (κ1) is 18.0. The highest BCUT2D eigenvalue weighted by Gasteiger charge is 2.35. The molecule has 0 spiro atoms. The smallest absolute Gasteiger partial charge is 0.232 e. The maximum atomic E-state index is 12.7. The predicted octanol–water partition coefficient (Wildman–Crippen LogP) is 2.07. The molecule has 0 saturated carbocycles. The Morgan fingerprint density at radius 2 is 1.62 bits per heavy atom.